The molecule has 11 nitrogen and oxygen atoms in total. The molecule has 0 radical (unpaired) electrons. The summed E-state index contributed by atoms with van der Waals surface area (Å²) in [5.41, 5.74) is 5.92. The maximum absolute atomic E-state index is 12.4. The fourth-order valence-electron chi connectivity index (χ4n) is 2.08. The van der Waals surface area contributed by atoms with Gasteiger partial charge in [0.15, 0.2) is 0 Å². The number of aliphatic carboxylic acids is 1. The van der Waals surface area contributed by atoms with Crippen molar-refractivity contribution in [2.45, 2.75) is 31.5 Å². The molecule has 0 aromatic heterocycles. The van der Waals surface area contributed by atoms with E-state index in [1.54, 1.807) is 12.1 Å². The van der Waals surface area contributed by atoms with E-state index in [0.29, 0.717) is 5.56 Å². The molecule has 8 N–H and O–H groups in total. The molecule has 0 saturated carbocycles. The van der Waals surface area contributed by atoms with Gasteiger partial charge in [-0.05, 0) is 24.6 Å². The number of phenols is 1. The molecule has 0 fully saturated rings. The van der Waals surface area contributed by atoms with Gasteiger partial charge < -0.3 is 37.0 Å². The molecule has 3 unspecified atom stereocenters. The van der Waals surface area contributed by atoms with Crippen molar-refractivity contribution >= 4 is 23.7 Å². The third kappa shape index (κ3) is 7.60. The number of phenolic OH excluding ortho intramolecular Hbond substituents is 1. The quantitative estimate of drug-likeness (QED) is 0.225. The van der Waals surface area contributed by atoms with Crippen molar-refractivity contribution in [2.75, 3.05) is 13.2 Å². The maximum atomic E-state index is 12.4. The smallest absolute Gasteiger partial charge is 0.325 e. The number of carboxylic acid groups (broad SMARTS) is 1. The van der Waals surface area contributed by atoms with E-state index < -0.39 is 55.0 Å². The van der Waals surface area contributed by atoms with Gasteiger partial charge >= 0.3 is 5.97 Å². The van der Waals surface area contributed by atoms with E-state index in [1.165, 1.54) is 19.1 Å². The second-order valence-electron chi connectivity index (χ2n) is 6.07. The van der Waals surface area contributed by atoms with Gasteiger partial charge in [0.25, 0.3) is 0 Å². The Balaban J connectivity index is 2.80. The molecule has 154 valence electrons. The molecule has 1 rings (SSSR count). The number of nitrogens with two attached hydrogens (primary N) is 1. The summed E-state index contributed by atoms with van der Waals surface area (Å²) in [6, 6.07) is 2.43. The molecule has 0 spiro atoms. The van der Waals surface area contributed by atoms with Crippen molar-refractivity contribution in [1.29, 1.82) is 0 Å². The summed E-state index contributed by atoms with van der Waals surface area (Å²) >= 11 is 0. The van der Waals surface area contributed by atoms with Crippen molar-refractivity contribution in [3.8, 4) is 5.75 Å². The van der Waals surface area contributed by atoms with Gasteiger partial charge in [-0.1, -0.05) is 12.1 Å². The number of aliphatic hydroxyl groups excluding tert-OH is 1. The third-order valence-electron chi connectivity index (χ3n) is 3.71. The van der Waals surface area contributed by atoms with Crippen molar-refractivity contribution in [3.63, 3.8) is 0 Å². The summed E-state index contributed by atoms with van der Waals surface area (Å²) in [6.45, 7) is 0.197. The predicted molar refractivity (Wildman–Crippen MR) is 97.1 cm³/mol. The monoisotopic (exact) mass is 396 g/mol. The lowest BCUT2D eigenvalue weighted by molar-refractivity contribution is -0.141. The van der Waals surface area contributed by atoms with Crippen LogP contribution in [-0.2, 0) is 25.6 Å². The Morgan fingerprint density at radius 2 is 1.68 bits per heavy atom. The van der Waals surface area contributed by atoms with Crippen LogP contribution in [0.2, 0.25) is 0 Å². The number of benzene rings is 1. The minimum Gasteiger partial charge on any atom is -0.508 e. The number of carbonyl (C=O) groups excluding carboxylic acids is 3. The Bertz CT molecular complexity index is 708. The van der Waals surface area contributed by atoms with E-state index in [1.807, 2.05) is 0 Å². The molecule has 0 aliphatic rings. The maximum Gasteiger partial charge on any atom is 0.325 e. The lowest BCUT2D eigenvalue weighted by atomic mass is 10.0. The summed E-state index contributed by atoms with van der Waals surface area (Å²) < 4.78 is 0. The fourth-order valence-corrected chi connectivity index (χ4v) is 2.08. The average Bonchev–Trinajstić information content (AvgIpc) is 2.66. The minimum absolute atomic E-state index is 0.0221. The van der Waals surface area contributed by atoms with E-state index >= 15 is 0 Å². The number of carbonyl (C=O) groups is 4. The molecular formula is C17H24N4O7. The highest BCUT2D eigenvalue weighted by Gasteiger charge is 2.25. The van der Waals surface area contributed by atoms with Crippen LogP contribution >= 0.6 is 0 Å². The normalized spacial score (nSPS) is 13.7. The van der Waals surface area contributed by atoms with Crippen molar-refractivity contribution < 1.29 is 34.5 Å². The van der Waals surface area contributed by atoms with Crippen LogP contribution in [0.25, 0.3) is 0 Å². The summed E-state index contributed by atoms with van der Waals surface area (Å²) in [6.07, 6.45) is 0.0221. The number of hydrogen-bond donors (Lipinski definition) is 7. The zero-order valence-corrected chi connectivity index (χ0v) is 15.2. The highest BCUT2D eigenvalue weighted by Crippen LogP contribution is 2.11. The summed E-state index contributed by atoms with van der Waals surface area (Å²) in [5.74, 6) is -3.39. The van der Waals surface area contributed by atoms with Gasteiger partial charge in [0.05, 0.1) is 13.2 Å². The van der Waals surface area contributed by atoms with Crippen LogP contribution in [0.4, 0.5) is 0 Å². The van der Waals surface area contributed by atoms with Crippen LogP contribution in [0.5, 0.6) is 5.75 Å². The second-order valence-corrected chi connectivity index (χ2v) is 6.07. The van der Waals surface area contributed by atoms with Crippen LogP contribution in [0, 0.1) is 0 Å². The molecule has 0 aliphatic carbocycles. The Morgan fingerprint density at radius 1 is 1.07 bits per heavy atom. The fraction of sp³-hybridized carbons (Fsp3) is 0.412. The van der Waals surface area contributed by atoms with E-state index in [2.05, 4.69) is 16.0 Å². The van der Waals surface area contributed by atoms with Gasteiger partial charge in [0, 0.05) is 6.42 Å². The van der Waals surface area contributed by atoms with Gasteiger partial charge in [-0.25, -0.2) is 0 Å². The summed E-state index contributed by atoms with van der Waals surface area (Å²) in [7, 11) is 0. The number of carboxylic acids is 1. The van der Waals surface area contributed by atoms with Crippen molar-refractivity contribution in [1.82, 2.24) is 16.0 Å². The Labute approximate surface area is 160 Å². The van der Waals surface area contributed by atoms with Crippen LogP contribution in [0.3, 0.4) is 0 Å². The predicted octanol–water partition coefficient (Wildman–Crippen LogP) is -2.56. The van der Waals surface area contributed by atoms with E-state index in [4.69, 9.17) is 15.9 Å². The molecule has 0 saturated heterocycles. The summed E-state index contributed by atoms with van der Waals surface area (Å²) in [5, 5.41) is 33.9. The first-order valence-corrected chi connectivity index (χ1v) is 8.38. The zero-order chi connectivity index (χ0) is 21.3. The SMILES string of the molecule is CC(NC(=O)C(Cc1ccc(O)cc1)NC(=O)CNC(=O)C(N)CO)C(=O)O. The first kappa shape index (κ1) is 22.9. The zero-order valence-electron chi connectivity index (χ0n) is 15.2. The molecule has 0 aliphatic heterocycles. The lowest BCUT2D eigenvalue weighted by Gasteiger charge is -2.20. The largest absolute Gasteiger partial charge is 0.508 e. The highest BCUT2D eigenvalue weighted by atomic mass is 16.4. The topological polar surface area (TPSA) is 191 Å². The van der Waals surface area contributed by atoms with Crippen LogP contribution in [0.1, 0.15) is 12.5 Å². The molecular weight excluding hydrogens is 372 g/mol. The number of aromatic hydroxyl groups is 1. The number of hydrogen-bond acceptors (Lipinski definition) is 7. The van der Waals surface area contributed by atoms with Crippen LogP contribution < -0.4 is 21.7 Å². The number of nitrogens with one attached hydrogen (secondary N) is 3. The van der Waals surface area contributed by atoms with Gasteiger partial charge in [-0.3, -0.25) is 19.2 Å². The lowest BCUT2D eigenvalue weighted by Crippen LogP contribution is -2.54. The number of rotatable bonds is 10. The average molecular weight is 396 g/mol. The Hall–Kier alpha value is -3.18. The second kappa shape index (κ2) is 10.8. The van der Waals surface area contributed by atoms with Gasteiger partial charge in [-0.15, -0.1) is 0 Å². The molecule has 3 atom stereocenters. The third-order valence-corrected chi connectivity index (χ3v) is 3.71. The Kier molecular flexibility index (Phi) is 8.85. The van der Waals surface area contributed by atoms with Gasteiger partial charge in [0.2, 0.25) is 17.7 Å². The molecule has 28 heavy (non-hydrogen) atoms. The van der Waals surface area contributed by atoms with Crippen LogP contribution in [0.15, 0.2) is 24.3 Å². The molecule has 1 aromatic rings. The standard InChI is InChI=1S/C17H24N4O7/c1-9(17(27)28)20-16(26)13(6-10-2-4-11(23)5-3-10)21-14(24)7-19-15(25)12(18)8-22/h2-5,9,12-13,22-23H,6-8,18H2,1H3,(H,19,25)(H,20,26)(H,21,24)(H,27,28). The molecule has 0 heterocycles. The highest BCUT2D eigenvalue weighted by molar-refractivity contribution is 5.92. The van der Waals surface area contributed by atoms with Crippen LogP contribution in [-0.4, -0.2) is 70.3 Å². The van der Waals surface area contributed by atoms with Crippen molar-refractivity contribution in [3.05, 3.63) is 29.8 Å². The van der Waals surface area contributed by atoms with Crippen molar-refractivity contribution in [2.24, 2.45) is 5.73 Å². The van der Waals surface area contributed by atoms with E-state index in [-0.39, 0.29) is 12.2 Å². The van der Waals surface area contributed by atoms with Gasteiger partial charge in [-0.2, -0.15) is 0 Å². The number of amides is 3. The first-order chi connectivity index (χ1) is 13.1. The number of aliphatic hydroxyl groups is 1. The molecule has 3 amide bonds. The first-order valence-electron chi connectivity index (χ1n) is 8.38. The molecule has 1 aromatic carbocycles. The summed E-state index contributed by atoms with van der Waals surface area (Å²) in [4.78, 5) is 46.9. The van der Waals surface area contributed by atoms with E-state index in [0.717, 1.165) is 0 Å². The minimum atomic E-state index is -1.24. The molecule has 11 heteroatoms. The molecule has 0 bridgehead atoms. The van der Waals surface area contributed by atoms with Gasteiger partial charge in [0.1, 0.15) is 23.9 Å². The Morgan fingerprint density at radius 3 is 2.21 bits per heavy atom. The van der Waals surface area contributed by atoms with E-state index in [9.17, 15) is 24.3 Å².